The molecule has 2 heterocycles. The molecule has 0 bridgehead atoms. The van der Waals surface area contributed by atoms with Gasteiger partial charge in [-0.1, -0.05) is 24.3 Å². The van der Waals surface area contributed by atoms with Crippen molar-refractivity contribution < 1.29 is 0 Å². The normalized spacial score (nSPS) is 14.9. The average molecular weight is 213 g/mol. The van der Waals surface area contributed by atoms with Gasteiger partial charge >= 0.3 is 0 Å². The van der Waals surface area contributed by atoms with Crippen molar-refractivity contribution in [1.29, 1.82) is 0 Å². The number of hydrogen-bond acceptors (Lipinski definition) is 2. The lowest BCUT2D eigenvalue weighted by Crippen LogP contribution is -2.30. The van der Waals surface area contributed by atoms with Gasteiger partial charge in [0.2, 0.25) is 0 Å². The monoisotopic (exact) mass is 213 g/mol. The molecular weight excluding hydrogens is 198 g/mol. The summed E-state index contributed by atoms with van der Waals surface area (Å²) in [6, 6.07) is 10.7. The third-order valence-electron chi connectivity index (χ3n) is 3.15. The Kier molecular flexibility index (Phi) is 2.17. The van der Waals surface area contributed by atoms with Crippen molar-refractivity contribution >= 4 is 5.82 Å². The minimum Gasteiger partial charge on any atom is -0.350 e. The Hall–Kier alpha value is -1.77. The fraction of sp³-hybridized carbons (Fsp3) is 0.308. The van der Waals surface area contributed by atoms with E-state index in [1.165, 1.54) is 11.1 Å². The molecule has 0 saturated heterocycles. The maximum absolute atomic E-state index is 4.45. The van der Waals surface area contributed by atoms with Gasteiger partial charge in [0.25, 0.3) is 0 Å². The molecule has 0 saturated carbocycles. The van der Waals surface area contributed by atoms with E-state index in [0.29, 0.717) is 0 Å². The summed E-state index contributed by atoms with van der Waals surface area (Å²) in [7, 11) is 1.96. The second-order valence-electron chi connectivity index (χ2n) is 4.29. The molecule has 3 rings (SSSR count). The molecule has 3 nitrogen and oxygen atoms in total. The molecular formula is C13H15N3. The van der Waals surface area contributed by atoms with Gasteiger partial charge < -0.3 is 4.90 Å². The lowest BCUT2D eigenvalue weighted by Gasteiger charge is -2.28. The summed E-state index contributed by atoms with van der Waals surface area (Å²) in [5.74, 6) is 1.08. The molecule has 1 aromatic carbocycles. The minimum atomic E-state index is 0.979. The number of rotatable bonds is 1. The van der Waals surface area contributed by atoms with Crippen LogP contribution in [0.15, 0.2) is 36.5 Å². The highest BCUT2D eigenvalue weighted by atomic mass is 15.3. The molecule has 0 aliphatic carbocycles. The predicted octanol–water partition coefficient (Wildman–Crippen LogP) is 1.98. The highest BCUT2D eigenvalue weighted by molar-refractivity contribution is 5.43. The summed E-state index contributed by atoms with van der Waals surface area (Å²) < 4.78 is 1.86. The molecule has 0 fully saturated rings. The van der Waals surface area contributed by atoms with Gasteiger partial charge in [-0.05, 0) is 17.5 Å². The third-order valence-corrected chi connectivity index (χ3v) is 3.15. The average Bonchev–Trinajstić information content (AvgIpc) is 2.75. The molecule has 0 spiro atoms. The molecule has 0 atom stereocenters. The quantitative estimate of drug-likeness (QED) is 0.722. The molecule has 0 amide bonds. The molecule has 1 aliphatic heterocycles. The van der Waals surface area contributed by atoms with Crippen LogP contribution in [-0.4, -0.2) is 16.3 Å². The van der Waals surface area contributed by atoms with Gasteiger partial charge in [0.05, 0.1) is 0 Å². The Morgan fingerprint density at radius 1 is 1.12 bits per heavy atom. The van der Waals surface area contributed by atoms with Crippen LogP contribution in [0.2, 0.25) is 0 Å². The van der Waals surface area contributed by atoms with Crippen LogP contribution in [0.3, 0.4) is 0 Å². The second-order valence-corrected chi connectivity index (χ2v) is 4.29. The van der Waals surface area contributed by atoms with E-state index in [9.17, 15) is 0 Å². The third kappa shape index (κ3) is 1.58. The molecule has 0 unspecified atom stereocenters. The predicted molar refractivity (Wildman–Crippen MR) is 64.4 cm³/mol. The molecule has 16 heavy (non-hydrogen) atoms. The number of benzene rings is 1. The number of anilines is 1. The first-order chi connectivity index (χ1) is 7.83. The van der Waals surface area contributed by atoms with E-state index in [0.717, 1.165) is 25.3 Å². The highest BCUT2D eigenvalue weighted by Crippen LogP contribution is 2.22. The fourth-order valence-corrected chi connectivity index (χ4v) is 2.26. The minimum absolute atomic E-state index is 0.979. The van der Waals surface area contributed by atoms with Gasteiger partial charge in [0.15, 0.2) is 5.82 Å². The van der Waals surface area contributed by atoms with Crippen LogP contribution in [0.4, 0.5) is 5.82 Å². The van der Waals surface area contributed by atoms with Gasteiger partial charge in [-0.15, -0.1) is 0 Å². The standard InChI is InChI=1S/C13H15N3/c1-15-8-7-13(14-15)16-9-6-11-4-2-3-5-12(11)10-16/h2-5,7-8H,6,9-10H2,1H3. The fourth-order valence-electron chi connectivity index (χ4n) is 2.26. The Balaban J connectivity index is 1.88. The van der Waals surface area contributed by atoms with E-state index in [1.54, 1.807) is 0 Å². The van der Waals surface area contributed by atoms with Crippen LogP contribution in [-0.2, 0) is 20.0 Å². The number of hydrogen-bond donors (Lipinski definition) is 0. The Morgan fingerprint density at radius 3 is 2.69 bits per heavy atom. The second kappa shape index (κ2) is 3.67. The maximum Gasteiger partial charge on any atom is 0.150 e. The first kappa shape index (κ1) is 9.46. The zero-order chi connectivity index (χ0) is 11.0. The van der Waals surface area contributed by atoms with Gasteiger partial charge in [-0.25, -0.2) is 0 Å². The number of aromatic nitrogens is 2. The van der Waals surface area contributed by atoms with Gasteiger partial charge in [0.1, 0.15) is 0 Å². The van der Waals surface area contributed by atoms with Crippen LogP contribution in [0.1, 0.15) is 11.1 Å². The summed E-state index contributed by atoms with van der Waals surface area (Å²) in [6.45, 7) is 2.04. The summed E-state index contributed by atoms with van der Waals surface area (Å²) >= 11 is 0. The maximum atomic E-state index is 4.45. The van der Waals surface area contributed by atoms with Crippen molar-refractivity contribution in [3.63, 3.8) is 0 Å². The molecule has 0 radical (unpaired) electrons. The largest absolute Gasteiger partial charge is 0.350 e. The summed E-state index contributed by atoms with van der Waals surface area (Å²) in [5.41, 5.74) is 2.91. The van der Waals surface area contributed by atoms with Crippen molar-refractivity contribution in [2.24, 2.45) is 7.05 Å². The lowest BCUT2D eigenvalue weighted by atomic mass is 10.0. The highest BCUT2D eigenvalue weighted by Gasteiger charge is 2.17. The molecule has 2 aromatic rings. The first-order valence-corrected chi connectivity index (χ1v) is 5.64. The Bertz CT molecular complexity index is 501. The first-order valence-electron chi connectivity index (χ1n) is 5.64. The van der Waals surface area contributed by atoms with Crippen molar-refractivity contribution in [2.45, 2.75) is 13.0 Å². The topological polar surface area (TPSA) is 21.1 Å². The van der Waals surface area contributed by atoms with Crippen molar-refractivity contribution in [2.75, 3.05) is 11.4 Å². The zero-order valence-electron chi connectivity index (χ0n) is 9.43. The summed E-state index contributed by atoms with van der Waals surface area (Å²) in [4.78, 5) is 2.34. The lowest BCUT2D eigenvalue weighted by molar-refractivity contribution is 0.695. The van der Waals surface area contributed by atoms with Crippen LogP contribution in [0.25, 0.3) is 0 Å². The SMILES string of the molecule is Cn1ccc(N2CCc3ccccc3C2)n1. The van der Waals surface area contributed by atoms with E-state index in [2.05, 4.69) is 40.3 Å². The van der Waals surface area contributed by atoms with Crippen molar-refractivity contribution in [3.05, 3.63) is 47.7 Å². The van der Waals surface area contributed by atoms with Crippen molar-refractivity contribution in [1.82, 2.24) is 9.78 Å². The smallest absolute Gasteiger partial charge is 0.150 e. The molecule has 3 heteroatoms. The number of aryl methyl sites for hydroxylation is 1. The molecule has 1 aromatic heterocycles. The number of nitrogens with zero attached hydrogens (tertiary/aromatic N) is 3. The zero-order valence-corrected chi connectivity index (χ0v) is 9.43. The van der Waals surface area contributed by atoms with Crippen LogP contribution >= 0.6 is 0 Å². The Morgan fingerprint density at radius 2 is 1.94 bits per heavy atom. The molecule has 82 valence electrons. The van der Waals surface area contributed by atoms with Crippen LogP contribution in [0.5, 0.6) is 0 Å². The summed E-state index contributed by atoms with van der Waals surface area (Å²) in [5, 5.41) is 4.45. The van der Waals surface area contributed by atoms with Gasteiger partial charge in [0, 0.05) is 32.4 Å². The molecule has 0 N–H and O–H groups in total. The van der Waals surface area contributed by atoms with Crippen molar-refractivity contribution in [3.8, 4) is 0 Å². The molecule has 1 aliphatic rings. The number of fused-ring (bicyclic) bond motifs is 1. The van der Waals surface area contributed by atoms with E-state index in [-0.39, 0.29) is 0 Å². The van der Waals surface area contributed by atoms with E-state index < -0.39 is 0 Å². The van der Waals surface area contributed by atoms with Crippen LogP contribution in [0, 0.1) is 0 Å². The van der Waals surface area contributed by atoms with E-state index in [4.69, 9.17) is 0 Å². The Labute approximate surface area is 95.3 Å². The van der Waals surface area contributed by atoms with E-state index in [1.807, 2.05) is 17.9 Å². The summed E-state index contributed by atoms with van der Waals surface area (Å²) in [6.07, 6.45) is 3.11. The van der Waals surface area contributed by atoms with Gasteiger partial charge in [-0.3, -0.25) is 4.68 Å². The van der Waals surface area contributed by atoms with Gasteiger partial charge in [-0.2, -0.15) is 5.10 Å². The van der Waals surface area contributed by atoms with Crippen LogP contribution < -0.4 is 4.90 Å². The van der Waals surface area contributed by atoms with E-state index >= 15 is 0 Å².